The first-order chi connectivity index (χ1) is 13.2. The predicted octanol–water partition coefficient (Wildman–Crippen LogP) is 3.83. The van der Waals surface area contributed by atoms with Gasteiger partial charge in [-0.3, -0.25) is 9.59 Å². The van der Waals surface area contributed by atoms with Crippen molar-refractivity contribution in [1.82, 2.24) is 9.97 Å². The van der Waals surface area contributed by atoms with Crippen molar-refractivity contribution in [3.63, 3.8) is 0 Å². The summed E-state index contributed by atoms with van der Waals surface area (Å²) < 4.78 is 29.9. The van der Waals surface area contributed by atoms with Crippen LogP contribution in [0.25, 0.3) is 0 Å². The van der Waals surface area contributed by atoms with Crippen LogP contribution in [0, 0.1) is 20.8 Å². The highest BCUT2D eigenvalue weighted by molar-refractivity contribution is 7.99. The van der Waals surface area contributed by atoms with E-state index in [0.717, 1.165) is 5.56 Å². The van der Waals surface area contributed by atoms with E-state index >= 15 is 0 Å². The fourth-order valence-electron chi connectivity index (χ4n) is 2.57. The first-order valence-electron chi connectivity index (χ1n) is 8.55. The summed E-state index contributed by atoms with van der Waals surface area (Å²) in [6, 6.07) is 7.27. The number of nitrogens with one attached hydrogen (secondary N) is 1. The van der Waals surface area contributed by atoms with E-state index in [0.29, 0.717) is 29.1 Å². The molecule has 0 radical (unpaired) electrons. The van der Waals surface area contributed by atoms with Crippen molar-refractivity contribution in [3.05, 3.63) is 46.8 Å². The number of anilines is 1. The van der Waals surface area contributed by atoms with Gasteiger partial charge >= 0.3 is 5.97 Å². The van der Waals surface area contributed by atoms with Crippen molar-refractivity contribution in [2.75, 3.05) is 11.9 Å². The number of carbonyl (C=O) groups is 2. The standard InChI is InChI=1S/C19H21F2N3O3S/c1-11-5-4-6-14(9-11)24-16(25)10-27-17(26)8-7-15-12(2)22-19(23-13(15)3)28-18(20)21/h4-6,9,18H,7-8,10H2,1-3H3,(H,24,25). The molecule has 28 heavy (non-hydrogen) atoms. The number of nitrogens with zero attached hydrogens (tertiary/aromatic N) is 2. The van der Waals surface area contributed by atoms with E-state index in [4.69, 9.17) is 4.74 Å². The molecule has 2 rings (SSSR count). The molecule has 1 heterocycles. The van der Waals surface area contributed by atoms with Gasteiger partial charge in [-0.05, 0) is 62.2 Å². The molecule has 0 aliphatic carbocycles. The summed E-state index contributed by atoms with van der Waals surface area (Å²) in [5.74, 6) is -3.56. The second-order valence-corrected chi connectivity index (χ2v) is 7.07. The fourth-order valence-corrected chi connectivity index (χ4v) is 3.11. The average molecular weight is 409 g/mol. The zero-order valence-electron chi connectivity index (χ0n) is 15.8. The van der Waals surface area contributed by atoms with Crippen molar-refractivity contribution < 1.29 is 23.1 Å². The van der Waals surface area contributed by atoms with Gasteiger partial charge in [0, 0.05) is 23.5 Å². The molecule has 2 aromatic rings. The Kier molecular flexibility index (Phi) is 7.86. The highest BCUT2D eigenvalue weighted by atomic mass is 32.2. The molecular weight excluding hydrogens is 388 g/mol. The Morgan fingerprint density at radius 1 is 1.18 bits per heavy atom. The molecule has 6 nitrogen and oxygen atoms in total. The molecule has 0 atom stereocenters. The molecule has 0 bridgehead atoms. The van der Waals surface area contributed by atoms with Crippen molar-refractivity contribution in [1.29, 1.82) is 0 Å². The zero-order chi connectivity index (χ0) is 20.7. The Hall–Kier alpha value is -2.55. The second kappa shape index (κ2) is 10.1. The Labute approximate surface area is 166 Å². The Morgan fingerprint density at radius 2 is 1.86 bits per heavy atom. The maximum atomic E-state index is 12.4. The van der Waals surface area contributed by atoms with Crippen LogP contribution in [0.15, 0.2) is 29.4 Å². The number of esters is 1. The molecule has 1 aromatic heterocycles. The number of ether oxygens (including phenoxy) is 1. The van der Waals surface area contributed by atoms with E-state index < -0.39 is 17.6 Å². The molecule has 0 unspecified atom stereocenters. The van der Waals surface area contributed by atoms with Crippen LogP contribution in [0.4, 0.5) is 14.5 Å². The molecule has 0 fully saturated rings. The highest BCUT2D eigenvalue weighted by Crippen LogP contribution is 2.24. The first-order valence-corrected chi connectivity index (χ1v) is 9.43. The van der Waals surface area contributed by atoms with Gasteiger partial charge in [-0.1, -0.05) is 12.1 Å². The van der Waals surface area contributed by atoms with Gasteiger partial charge < -0.3 is 10.1 Å². The summed E-state index contributed by atoms with van der Waals surface area (Å²) in [5.41, 5.74) is 3.42. The van der Waals surface area contributed by atoms with Gasteiger partial charge in [-0.25, -0.2) is 9.97 Å². The molecule has 9 heteroatoms. The van der Waals surface area contributed by atoms with Crippen molar-refractivity contribution in [3.8, 4) is 0 Å². The smallest absolute Gasteiger partial charge is 0.306 e. The molecule has 1 aromatic carbocycles. The zero-order valence-corrected chi connectivity index (χ0v) is 16.6. The number of carbonyl (C=O) groups excluding carboxylic acids is 2. The summed E-state index contributed by atoms with van der Waals surface area (Å²) in [6.45, 7) is 4.88. The fraction of sp³-hybridized carbons (Fsp3) is 0.368. The molecule has 0 spiro atoms. The predicted molar refractivity (Wildman–Crippen MR) is 102 cm³/mol. The quantitative estimate of drug-likeness (QED) is 0.405. The Morgan fingerprint density at radius 3 is 2.46 bits per heavy atom. The average Bonchev–Trinajstić information content (AvgIpc) is 2.58. The van der Waals surface area contributed by atoms with Gasteiger partial charge in [0.05, 0.1) is 0 Å². The summed E-state index contributed by atoms with van der Waals surface area (Å²) >= 11 is 0.281. The maximum Gasteiger partial charge on any atom is 0.306 e. The highest BCUT2D eigenvalue weighted by Gasteiger charge is 2.15. The molecule has 0 aliphatic rings. The summed E-state index contributed by atoms with van der Waals surface area (Å²) in [6.07, 6.45) is 0.333. The summed E-state index contributed by atoms with van der Waals surface area (Å²) in [4.78, 5) is 31.9. The lowest BCUT2D eigenvalue weighted by atomic mass is 10.1. The first kappa shape index (κ1) is 21.7. The SMILES string of the molecule is Cc1cccc(NC(=O)COC(=O)CCc2c(C)nc(SC(F)F)nc2C)c1. The van der Waals surface area contributed by atoms with Crippen molar-refractivity contribution >= 4 is 29.3 Å². The lowest BCUT2D eigenvalue weighted by Crippen LogP contribution is -2.21. The third-order valence-electron chi connectivity index (χ3n) is 3.84. The molecule has 1 amide bonds. The largest absolute Gasteiger partial charge is 0.456 e. The minimum Gasteiger partial charge on any atom is -0.456 e. The Balaban J connectivity index is 1.83. The number of hydrogen-bond donors (Lipinski definition) is 1. The number of halogens is 2. The van der Waals surface area contributed by atoms with Crippen molar-refractivity contribution in [2.45, 2.75) is 44.5 Å². The topological polar surface area (TPSA) is 81.2 Å². The number of benzene rings is 1. The molecule has 150 valence electrons. The van der Waals surface area contributed by atoms with E-state index in [-0.39, 0.29) is 29.9 Å². The van der Waals surface area contributed by atoms with Crippen LogP contribution >= 0.6 is 11.8 Å². The normalized spacial score (nSPS) is 10.8. The van der Waals surface area contributed by atoms with Gasteiger partial charge in [-0.2, -0.15) is 8.78 Å². The third kappa shape index (κ3) is 6.88. The molecule has 0 saturated carbocycles. The van der Waals surface area contributed by atoms with Crippen molar-refractivity contribution in [2.24, 2.45) is 0 Å². The molecular formula is C19H21F2N3O3S. The minimum atomic E-state index is -2.59. The van der Waals surface area contributed by atoms with Gasteiger partial charge in [-0.15, -0.1) is 0 Å². The van der Waals surface area contributed by atoms with Crippen LogP contribution in [-0.2, 0) is 20.7 Å². The van der Waals surface area contributed by atoms with Crippen LogP contribution in [-0.4, -0.2) is 34.2 Å². The molecule has 0 aliphatic heterocycles. The number of aryl methyl sites for hydroxylation is 3. The molecule has 0 saturated heterocycles. The van der Waals surface area contributed by atoms with Gasteiger partial charge in [0.1, 0.15) is 0 Å². The number of aromatic nitrogens is 2. The van der Waals surface area contributed by atoms with Crippen LogP contribution in [0.2, 0.25) is 0 Å². The van der Waals surface area contributed by atoms with Crippen LogP contribution in [0.1, 0.15) is 28.9 Å². The van der Waals surface area contributed by atoms with E-state index in [1.54, 1.807) is 26.0 Å². The van der Waals surface area contributed by atoms with Crippen LogP contribution in [0.5, 0.6) is 0 Å². The number of thioether (sulfide) groups is 1. The van der Waals surface area contributed by atoms with Gasteiger partial charge in [0.15, 0.2) is 11.8 Å². The number of hydrogen-bond acceptors (Lipinski definition) is 6. The van der Waals surface area contributed by atoms with E-state index in [1.165, 1.54) is 0 Å². The minimum absolute atomic E-state index is 0.00384. The number of amides is 1. The Bertz CT molecular complexity index is 839. The van der Waals surface area contributed by atoms with Crippen LogP contribution < -0.4 is 5.32 Å². The maximum absolute atomic E-state index is 12.4. The van der Waals surface area contributed by atoms with E-state index in [1.807, 2.05) is 19.1 Å². The van der Waals surface area contributed by atoms with Crippen LogP contribution in [0.3, 0.4) is 0 Å². The monoisotopic (exact) mass is 409 g/mol. The number of rotatable bonds is 8. The summed E-state index contributed by atoms with van der Waals surface area (Å²) in [5, 5.41) is 2.66. The third-order valence-corrected chi connectivity index (χ3v) is 4.41. The number of alkyl halides is 2. The second-order valence-electron chi connectivity index (χ2n) is 6.11. The van der Waals surface area contributed by atoms with Gasteiger partial charge in [0.25, 0.3) is 11.7 Å². The lowest BCUT2D eigenvalue weighted by molar-refractivity contribution is -0.147. The summed E-state index contributed by atoms with van der Waals surface area (Å²) in [7, 11) is 0. The van der Waals surface area contributed by atoms with E-state index in [2.05, 4.69) is 15.3 Å². The van der Waals surface area contributed by atoms with E-state index in [9.17, 15) is 18.4 Å². The molecule has 1 N–H and O–H groups in total. The lowest BCUT2D eigenvalue weighted by Gasteiger charge is -2.11. The van der Waals surface area contributed by atoms with Gasteiger partial charge in [0.2, 0.25) is 0 Å².